The number of hydrogen-bond acceptors (Lipinski definition) is 2. The smallest absolute Gasteiger partial charge is 0.0350 e. The second-order valence-corrected chi connectivity index (χ2v) is 2.06. The normalized spacial score (nSPS) is 7.90. The van der Waals surface area contributed by atoms with Crippen LogP contribution in [0.3, 0.4) is 0 Å². The van der Waals surface area contributed by atoms with E-state index in [4.69, 9.17) is 4.55 Å². The van der Waals surface area contributed by atoms with Gasteiger partial charge in [-0.1, -0.05) is 32.0 Å². The van der Waals surface area contributed by atoms with Crippen LogP contribution >= 0.6 is 12.0 Å². The molecule has 0 saturated carbocycles. The SMILES string of the molecule is CC.OSc1ccccc1. The Morgan fingerprint density at radius 2 is 1.60 bits per heavy atom. The summed E-state index contributed by atoms with van der Waals surface area (Å²) < 4.78 is 8.45. The van der Waals surface area contributed by atoms with E-state index in [2.05, 4.69) is 0 Å². The summed E-state index contributed by atoms with van der Waals surface area (Å²) in [4.78, 5) is 0.882. The molecule has 1 rings (SSSR count). The summed E-state index contributed by atoms with van der Waals surface area (Å²) in [6.45, 7) is 4.00. The summed E-state index contributed by atoms with van der Waals surface area (Å²) in [6, 6.07) is 9.40. The fourth-order valence-electron chi connectivity index (χ4n) is 0.481. The summed E-state index contributed by atoms with van der Waals surface area (Å²) in [7, 11) is 0. The Morgan fingerprint density at radius 1 is 1.10 bits per heavy atom. The zero-order valence-corrected chi connectivity index (χ0v) is 7.06. The predicted octanol–water partition coefficient (Wildman–Crippen LogP) is 3.28. The minimum absolute atomic E-state index is 0.769. The van der Waals surface area contributed by atoms with Crippen LogP contribution in [-0.4, -0.2) is 4.55 Å². The molecule has 1 N–H and O–H groups in total. The standard InChI is InChI=1S/C6H6OS.C2H6/c7-8-6-4-2-1-3-5-6;1-2/h1-5,7H;1-2H3. The molecule has 0 aliphatic heterocycles. The maximum atomic E-state index is 8.45. The van der Waals surface area contributed by atoms with Gasteiger partial charge in [-0.05, 0) is 12.1 Å². The van der Waals surface area contributed by atoms with Crippen LogP contribution in [0.2, 0.25) is 0 Å². The average molecular weight is 156 g/mol. The second kappa shape index (κ2) is 6.65. The van der Waals surface area contributed by atoms with Crippen molar-refractivity contribution in [3.8, 4) is 0 Å². The van der Waals surface area contributed by atoms with Crippen LogP contribution in [0.5, 0.6) is 0 Å². The van der Waals surface area contributed by atoms with E-state index in [0.29, 0.717) is 0 Å². The summed E-state index contributed by atoms with van der Waals surface area (Å²) in [5.74, 6) is 0. The van der Waals surface area contributed by atoms with Gasteiger partial charge in [0.1, 0.15) is 0 Å². The molecule has 0 aliphatic rings. The third-order valence-electron chi connectivity index (χ3n) is 0.849. The summed E-state index contributed by atoms with van der Waals surface area (Å²) >= 11 is 0.769. The maximum Gasteiger partial charge on any atom is 0.0350 e. The van der Waals surface area contributed by atoms with Gasteiger partial charge in [0.2, 0.25) is 0 Å². The Kier molecular flexibility index (Phi) is 6.33. The van der Waals surface area contributed by atoms with Crippen LogP contribution in [0.1, 0.15) is 13.8 Å². The Labute approximate surface area is 66.3 Å². The van der Waals surface area contributed by atoms with Crippen molar-refractivity contribution in [1.82, 2.24) is 0 Å². The van der Waals surface area contributed by atoms with E-state index in [-0.39, 0.29) is 0 Å². The summed E-state index contributed by atoms with van der Waals surface area (Å²) in [6.07, 6.45) is 0. The highest BCUT2D eigenvalue weighted by atomic mass is 32.2. The van der Waals surface area contributed by atoms with Gasteiger partial charge in [0.15, 0.2) is 0 Å². The van der Waals surface area contributed by atoms with Gasteiger partial charge in [-0.2, -0.15) is 0 Å². The Bertz CT molecular complexity index is 151. The Hall–Kier alpha value is -0.470. The van der Waals surface area contributed by atoms with E-state index in [1.807, 2.05) is 44.2 Å². The molecule has 0 saturated heterocycles. The fourth-order valence-corrected chi connectivity index (χ4v) is 0.760. The lowest BCUT2D eigenvalue weighted by molar-refractivity contribution is 0.664. The van der Waals surface area contributed by atoms with Gasteiger partial charge in [0.05, 0.1) is 0 Å². The molecule has 0 fully saturated rings. The average Bonchev–Trinajstić information content (AvgIpc) is 2.10. The van der Waals surface area contributed by atoms with Crippen molar-refractivity contribution in [3.63, 3.8) is 0 Å². The van der Waals surface area contributed by atoms with Gasteiger partial charge in [-0.3, -0.25) is 0 Å². The first kappa shape index (κ1) is 9.53. The Morgan fingerprint density at radius 3 is 1.90 bits per heavy atom. The molecule has 2 heteroatoms. The van der Waals surface area contributed by atoms with Gasteiger partial charge < -0.3 is 4.55 Å². The summed E-state index contributed by atoms with van der Waals surface area (Å²) in [5.41, 5.74) is 0. The third-order valence-corrected chi connectivity index (χ3v) is 1.33. The molecule has 1 nitrogen and oxygen atoms in total. The second-order valence-electron chi connectivity index (χ2n) is 1.40. The van der Waals surface area contributed by atoms with Crippen LogP contribution in [-0.2, 0) is 0 Å². The lowest BCUT2D eigenvalue weighted by atomic mass is 10.4. The van der Waals surface area contributed by atoms with Crippen molar-refractivity contribution in [2.75, 3.05) is 0 Å². The number of hydrogen-bond donors (Lipinski definition) is 1. The molecule has 0 bridgehead atoms. The minimum atomic E-state index is 0.769. The van der Waals surface area contributed by atoms with Crippen LogP contribution in [0.15, 0.2) is 35.2 Å². The highest BCUT2D eigenvalue weighted by Gasteiger charge is 1.82. The first-order valence-electron chi connectivity index (χ1n) is 3.30. The highest BCUT2D eigenvalue weighted by Crippen LogP contribution is 2.10. The van der Waals surface area contributed by atoms with Gasteiger partial charge >= 0.3 is 0 Å². The van der Waals surface area contributed by atoms with Crippen molar-refractivity contribution in [2.45, 2.75) is 18.7 Å². The molecular weight excluding hydrogens is 144 g/mol. The van der Waals surface area contributed by atoms with Crippen LogP contribution < -0.4 is 0 Å². The third kappa shape index (κ3) is 3.54. The van der Waals surface area contributed by atoms with Crippen LogP contribution in [0.4, 0.5) is 0 Å². The molecular formula is C8H12OS. The lowest BCUT2D eigenvalue weighted by Gasteiger charge is -1.87. The molecule has 0 amide bonds. The van der Waals surface area contributed by atoms with Gasteiger partial charge in [-0.15, -0.1) is 0 Å². The fraction of sp³-hybridized carbons (Fsp3) is 0.250. The van der Waals surface area contributed by atoms with Crippen molar-refractivity contribution in [1.29, 1.82) is 0 Å². The maximum absolute atomic E-state index is 8.45. The zero-order chi connectivity index (χ0) is 7.82. The van der Waals surface area contributed by atoms with Gasteiger partial charge in [0.25, 0.3) is 0 Å². The largest absolute Gasteiger partial charge is 0.325 e. The van der Waals surface area contributed by atoms with Crippen molar-refractivity contribution in [2.24, 2.45) is 0 Å². The van der Waals surface area contributed by atoms with Crippen LogP contribution in [0.25, 0.3) is 0 Å². The molecule has 10 heavy (non-hydrogen) atoms. The van der Waals surface area contributed by atoms with E-state index in [1.54, 1.807) is 0 Å². The molecule has 0 atom stereocenters. The topological polar surface area (TPSA) is 20.2 Å². The minimum Gasteiger partial charge on any atom is -0.325 e. The monoisotopic (exact) mass is 156 g/mol. The summed E-state index contributed by atoms with van der Waals surface area (Å²) in [5, 5.41) is 0. The molecule has 0 aromatic heterocycles. The molecule has 0 spiro atoms. The molecule has 1 aromatic carbocycles. The lowest BCUT2D eigenvalue weighted by Crippen LogP contribution is -1.63. The van der Waals surface area contributed by atoms with E-state index in [1.165, 1.54) is 0 Å². The molecule has 0 radical (unpaired) electrons. The molecule has 0 aliphatic carbocycles. The number of benzene rings is 1. The predicted molar refractivity (Wildman–Crippen MR) is 46.3 cm³/mol. The van der Waals surface area contributed by atoms with E-state index < -0.39 is 0 Å². The van der Waals surface area contributed by atoms with E-state index >= 15 is 0 Å². The van der Waals surface area contributed by atoms with E-state index in [0.717, 1.165) is 16.9 Å². The van der Waals surface area contributed by atoms with Gasteiger partial charge in [-0.25, -0.2) is 0 Å². The quantitative estimate of drug-likeness (QED) is 0.630. The van der Waals surface area contributed by atoms with Crippen molar-refractivity contribution >= 4 is 12.0 Å². The number of rotatable bonds is 1. The molecule has 56 valence electrons. The van der Waals surface area contributed by atoms with Crippen molar-refractivity contribution < 1.29 is 4.55 Å². The Balaban J connectivity index is 0.000000371. The first-order valence-corrected chi connectivity index (χ1v) is 4.07. The molecule has 0 unspecified atom stereocenters. The molecule has 1 aromatic rings. The first-order chi connectivity index (χ1) is 4.93. The highest BCUT2D eigenvalue weighted by molar-refractivity contribution is 7.93. The molecule has 0 heterocycles. The van der Waals surface area contributed by atoms with E-state index in [9.17, 15) is 0 Å². The van der Waals surface area contributed by atoms with Crippen LogP contribution in [0, 0.1) is 0 Å². The zero-order valence-electron chi connectivity index (χ0n) is 6.24. The van der Waals surface area contributed by atoms with Crippen molar-refractivity contribution in [3.05, 3.63) is 30.3 Å². The van der Waals surface area contributed by atoms with Gasteiger partial charge in [0, 0.05) is 16.9 Å².